The SMILES string of the molecule is CN1CCN(C(=O)CCC2CCCN(Cc3cccc4cnccc34)C2)CC1. The van der Waals surface area contributed by atoms with E-state index in [1.165, 1.54) is 29.2 Å². The number of benzene rings is 1. The van der Waals surface area contributed by atoms with Gasteiger partial charge in [0.25, 0.3) is 0 Å². The van der Waals surface area contributed by atoms with Gasteiger partial charge in [0.05, 0.1) is 0 Å². The van der Waals surface area contributed by atoms with Crippen molar-refractivity contribution in [2.75, 3.05) is 46.3 Å². The van der Waals surface area contributed by atoms with Gasteiger partial charge >= 0.3 is 0 Å². The number of nitrogens with zero attached hydrogens (tertiary/aromatic N) is 4. The van der Waals surface area contributed by atoms with E-state index in [0.29, 0.717) is 18.2 Å². The van der Waals surface area contributed by atoms with Crippen molar-refractivity contribution in [3.63, 3.8) is 0 Å². The molecule has 5 nitrogen and oxygen atoms in total. The summed E-state index contributed by atoms with van der Waals surface area (Å²) in [4.78, 5) is 23.7. The van der Waals surface area contributed by atoms with Gasteiger partial charge in [-0.1, -0.05) is 18.2 Å². The lowest BCUT2D eigenvalue weighted by atomic mass is 9.92. The van der Waals surface area contributed by atoms with Crippen LogP contribution in [0.3, 0.4) is 0 Å². The molecule has 1 aromatic heterocycles. The van der Waals surface area contributed by atoms with E-state index < -0.39 is 0 Å². The molecule has 0 radical (unpaired) electrons. The molecule has 0 aliphatic carbocycles. The number of carbonyl (C=O) groups excluding carboxylic acids is 1. The highest BCUT2D eigenvalue weighted by Gasteiger charge is 2.23. The van der Waals surface area contributed by atoms with Crippen LogP contribution in [0.4, 0.5) is 0 Å². The van der Waals surface area contributed by atoms with Gasteiger partial charge in [0.1, 0.15) is 0 Å². The Balaban J connectivity index is 1.30. The van der Waals surface area contributed by atoms with Crippen LogP contribution in [0.15, 0.2) is 36.7 Å². The molecule has 2 fully saturated rings. The number of piperazine rings is 1. The molecule has 2 aliphatic heterocycles. The van der Waals surface area contributed by atoms with Crippen molar-refractivity contribution in [3.8, 4) is 0 Å². The number of fused-ring (bicyclic) bond motifs is 1. The first-order valence-corrected chi connectivity index (χ1v) is 10.7. The molecule has 3 heterocycles. The zero-order valence-corrected chi connectivity index (χ0v) is 17.0. The number of carbonyl (C=O) groups is 1. The predicted octanol–water partition coefficient (Wildman–Crippen LogP) is 3.00. The van der Waals surface area contributed by atoms with Gasteiger partial charge in [-0.2, -0.15) is 0 Å². The summed E-state index contributed by atoms with van der Waals surface area (Å²) < 4.78 is 0. The summed E-state index contributed by atoms with van der Waals surface area (Å²) in [5, 5.41) is 2.52. The van der Waals surface area contributed by atoms with Gasteiger partial charge in [-0.25, -0.2) is 0 Å². The molecule has 1 unspecified atom stereocenters. The molecule has 0 N–H and O–H groups in total. The summed E-state index contributed by atoms with van der Waals surface area (Å²) in [6, 6.07) is 8.63. The molecule has 0 bridgehead atoms. The maximum atomic E-state index is 12.6. The van der Waals surface area contributed by atoms with Crippen molar-refractivity contribution >= 4 is 16.7 Å². The average Bonchev–Trinajstić information content (AvgIpc) is 2.73. The number of likely N-dealkylation sites (tertiary alicyclic amines) is 1. The molecule has 28 heavy (non-hydrogen) atoms. The lowest BCUT2D eigenvalue weighted by Gasteiger charge is -2.35. The summed E-state index contributed by atoms with van der Waals surface area (Å²) in [7, 11) is 2.13. The first kappa shape index (κ1) is 19.3. The molecular weight excluding hydrogens is 348 g/mol. The van der Waals surface area contributed by atoms with Crippen LogP contribution in [0.2, 0.25) is 0 Å². The van der Waals surface area contributed by atoms with E-state index in [4.69, 9.17) is 0 Å². The Morgan fingerprint density at radius 1 is 1.14 bits per heavy atom. The van der Waals surface area contributed by atoms with Crippen LogP contribution < -0.4 is 0 Å². The minimum atomic E-state index is 0.353. The number of rotatable bonds is 5. The largest absolute Gasteiger partial charge is 0.340 e. The van der Waals surface area contributed by atoms with Crippen molar-refractivity contribution < 1.29 is 4.79 Å². The first-order valence-electron chi connectivity index (χ1n) is 10.7. The molecule has 1 aromatic carbocycles. The lowest BCUT2D eigenvalue weighted by molar-refractivity contribution is -0.133. The molecule has 2 aromatic rings. The van der Waals surface area contributed by atoms with Gasteiger partial charge in [-0.3, -0.25) is 14.7 Å². The highest BCUT2D eigenvalue weighted by atomic mass is 16.2. The minimum absolute atomic E-state index is 0.353. The van der Waals surface area contributed by atoms with Crippen LogP contribution in [0, 0.1) is 5.92 Å². The first-order chi connectivity index (χ1) is 13.7. The second kappa shape index (κ2) is 9.01. The second-order valence-electron chi connectivity index (χ2n) is 8.48. The zero-order valence-electron chi connectivity index (χ0n) is 17.0. The third kappa shape index (κ3) is 4.70. The maximum absolute atomic E-state index is 12.6. The number of aromatic nitrogens is 1. The standard InChI is InChI=1S/C23H32N4O/c1-25-12-14-27(15-13-25)23(28)8-7-19-4-3-11-26(17-19)18-21-6-2-5-20-16-24-10-9-22(20)21/h2,5-6,9-10,16,19H,3-4,7-8,11-15,17-18H2,1H3. The third-order valence-electron chi connectivity index (χ3n) is 6.39. The molecule has 1 amide bonds. The van der Waals surface area contributed by atoms with Crippen molar-refractivity contribution in [2.24, 2.45) is 5.92 Å². The quantitative estimate of drug-likeness (QED) is 0.799. The zero-order chi connectivity index (χ0) is 19.3. The molecule has 0 spiro atoms. The van der Waals surface area contributed by atoms with E-state index in [1.807, 2.05) is 12.4 Å². The van der Waals surface area contributed by atoms with Crippen LogP contribution in [-0.4, -0.2) is 71.9 Å². The molecule has 4 rings (SSSR count). The number of pyridine rings is 1. The number of amides is 1. The van der Waals surface area contributed by atoms with Crippen molar-refractivity contribution in [1.82, 2.24) is 19.7 Å². The summed E-state index contributed by atoms with van der Waals surface area (Å²) in [5.41, 5.74) is 1.38. The van der Waals surface area contributed by atoms with E-state index in [0.717, 1.165) is 52.2 Å². The molecule has 5 heteroatoms. The average molecular weight is 381 g/mol. The molecule has 2 aliphatic rings. The van der Waals surface area contributed by atoms with Gasteiger partial charge in [0.15, 0.2) is 0 Å². The normalized spacial score (nSPS) is 21.9. The Morgan fingerprint density at radius 2 is 2.00 bits per heavy atom. The minimum Gasteiger partial charge on any atom is -0.340 e. The lowest BCUT2D eigenvalue weighted by Crippen LogP contribution is -2.47. The summed E-state index contributed by atoms with van der Waals surface area (Å²) in [5.74, 6) is 0.994. The highest BCUT2D eigenvalue weighted by molar-refractivity contribution is 5.84. The second-order valence-corrected chi connectivity index (χ2v) is 8.48. The fourth-order valence-electron chi connectivity index (χ4n) is 4.64. The number of piperidine rings is 1. The Bertz CT molecular complexity index is 795. The topological polar surface area (TPSA) is 39.7 Å². The Kier molecular flexibility index (Phi) is 6.23. The van der Waals surface area contributed by atoms with Crippen molar-refractivity contribution in [2.45, 2.75) is 32.2 Å². The predicted molar refractivity (Wildman–Crippen MR) is 113 cm³/mol. The molecule has 0 saturated carbocycles. The summed E-state index contributed by atoms with van der Waals surface area (Å²) >= 11 is 0. The summed E-state index contributed by atoms with van der Waals surface area (Å²) in [6.07, 6.45) is 8.06. The molecule has 150 valence electrons. The highest BCUT2D eigenvalue weighted by Crippen LogP contribution is 2.25. The van der Waals surface area contributed by atoms with Crippen molar-refractivity contribution in [1.29, 1.82) is 0 Å². The molecule has 2 saturated heterocycles. The van der Waals surface area contributed by atoms with Crippen LogP contribution in [0.1, 0.15) is 31.2 Å². The Labute approximate surface area is 168 Å². The van der Waals surface area contributed by atoms with Gasteiger partial charge < -0.3 is 9.80 Å². The van der Waals surface area contributed by atoms with Gasteiger partial charge in [0.2, 0.25) is 5.91 Å². The molecule has 1 atom stereocenters. The fraction of sp³-hybridized carbons (Fsp3) is 0.565. The fourth-order valence-corrected chi connectivity index (χ4v) is 4.64. The van der Waals surface area contributed by atoms with Gasteiger partial charge in [-0.15, -0.1) is 0 Å². The van der Waals surface area contributed by atoms with E-state index in [-0.39, 0.29) is 0 Å². The van der Waals surface area contributed by atoms with E-state index in [1.54, 1.807) is 0 Å². The smallest absolute Gasteiger partial charge is 0.222 e. The summed E-state index contributed by atoms with van der Waals surface area (Å²) in [6.45, 7) is 7.04. The van der Waals surface area contributed by atoms with Gasteiger partial charge in [-0.05, 0) is 55.8 Å². The number of likely N-dealkylation sites (N-methyl/N-ethyl adjacent to an activating group) is 1. The van der Waals surface area contributed by atoms with Crippen LogP contribution >= 0.6 is 0 Å². The monoisotopic (exact) mass is 380 g/mol. The van der Waals surface area contributed by atoms with Crippen molar-refractivity contribution in [3.05, 3.63) is 42.2 Å². The number of hydrogen-bond donors (Lipinski definition) is 0. The van der Waals surface area contributed by atoms with E-state index >= 15 is 0 Å². The van der Waals surface area contributed by atoms with E-state index in [9.17, 15) is 4.79 Å². The van der Waals surface area contributed by atoms with Crippen LogP contribution in [-0.2, 0) is 11.3 Å². The van der Waals surface area contributed by atoms with E-state index in [2.05, 4.69) is 51.0 Å². The molecular formula is C23H32N4O. The van der Waals surface area contributed by atoms with Crippen LogP contribution in [0.25, 0.3) is 10.8 Å². The Hall–Kier alpha value is -1.98. The Morgan fingerprint density at radius 3 is 2.86 bits per heavy atom. The maximum Gasteiger partial charge on any atom is 0.222 e. The number of hydrogen-bond acceptors (Lipinski definition) is 4. The van der Waals surface area contributed by atoms with Gasteiger partial charge in [0, 0.05) is 63.5 Å². The third-order valence-corrected chi connectivity index (χ3v) is 6.39. The van der Waals surface area contributed by atoms with Crippen LogP contribution in [0.5, 0.6) is 0 Å².